The smallest absolute Gasteiger partial charge is 0.274 e. The van der Waals surface area contributed by atoms with E-state index in [1.807, 2.05) is 47.1 Å². The van der Waals surface area contributed by atoms with E-state index in [9.17, 15) is 14.4 Å². The third-order valence-corrected chi connectivity index (χ3v) is 5.75. The second-order valence-electron chi connectivity index (χ2n) is 8.02. The van der Waals surface area contributed by atoms with Crippen molar-refractivity contribution in [1.82, 2.24) is 19.6 Å². The van der Waals surface area contributed by atoms with E-state index in [-0.39, 0.29) is 23.4 Å². The van der Waals surface area contributed by atoms with E-state index in [1.165, 1.54) is 16.8 Å². The van der Waals surface area contributed by atoms with Crippen molar-refractivity contribution < 1.29 is 9.59 Å². The van der Waals surface area contributed by atoms with Crippen LogP contribution < -0.4 is 5.56 Å². The van der Waals surface area contributed by atoms with Crippen LogP contribution in [0.3, 0.4) is 0 Å². The van der Waals surface area contributed by atoms with Gasteiger partial charge in [0.05, 0.1) is 0 Å². The molecule has 1 saturated heterocycles. The Kier molecular flexibility index (Phi) is 7.98. The summed E-state index contributed by atoms with van der Waals surface area (Å²) in [4.78, 5) is 41.8. The Bertz CT molecular complexity index is 933. The molecule has 1 aromatic carbocycles. The molecule has 2 aromatic rings. The van der Waals surface area contributed by atoms with Gasteiger partial charge in [0.1, 0.15) is 5.69 Å². The Morgan fingerprint density at radius 3 is 2.39 bits per heavy atom. The van der Waals surface area contributed by atoms with Crippen molar-refractivity contribution in [2.75, 3.05) is 19.6 Å². The van der Waals surface area contributed by atoms with Gasteiger partial charge in [-0.05, 0) is 43.9 Å². The molecule has 166 valence electrons. The first-order valence-electron chi connectivity index (χ1n) is 11.3. The first-order chi connectivity index (χ1) is 15.0. The van der Waals surface area contributed by atoms with Crippen LogP contribution >= 0.6 is 0 Å². The summed E-state index contributed by atoms with van der Waals surface area (Å²) in [5.41, 5.74) is 0.827. The van der Waals surface area contributed by atoms with Crippen molar-refractivity contribution in [3.05, 3.63) is 64.1 Å². The average Bonchev–Trinajstić information content (AvgIpc) is 2.82. The number of likely N-dealkylation sites (tertiary alicyclic amines) is 1. The maximum Gasteiger partial charge on any atom is 0.274 e. The highest BCUT2D eigenvalue weighted by molar-refractivity contribution is 5.94. The number of carbonyl (C=O) groups excluding carboxylic acids is 2. The number of benzene rings is 1. The highest BCUT2D eigenvalue weighted by Gasteiger charge is 2.30. The summed E-state index contributed by atoms with van der Waals surface area (Å²) in [5.74, 6) is -0.1000. The number of aromatic nitrogens is 2. The van der Waals surface area contributed by atoms with Crippen molar-refractivity contribution in [1.29, 1.82) is 0 Å². The molecule has 2 amide bonds. The van der Waals surface area contributed by atoms with Crippen LogP contribution in [0, 0.1) is 0 Å². The molecule has 0 spiro atoms. The molecule has 1 fully saturated rings. The van der Waals surface area contributed by atoms with E-state index in [0.717, 1.165) is 32.1 Å². The molecule has 1 aliphatic heterocycles. The second-order valence-corrected chi connectivity index (χ2v) is 8.02. The predicted octanol–water partition coefficient (Wildman–Crippen LogP) is 3.20. The molecule has 0 saturated carbocycles. The SMILES string of the molecule is CCCCn1nc(C(=O)N(CCC)C2CCN(C(=O)c3ccccc3)CC2)ccc1=O. The van der Waals surface area contributed by atoms with Gasteiger partial charge in [0.25, 0.3) is 17.4 Å². The first kappa shape index (κ1) is 22.7. The Balaban J connectivity index is 1.69. The van der Waals surface area contributed by atoms with Crippen LogP contribution in [0.25, 0.3) is 0 Å². The van der Waals surface area contributed by atoms with Crippen LogP contribution in [-0.4, -0.2) is 57.1 Å². The van der Waals surface area contributed by atoms with Gasteiger partial charge in [0.2, 0.25) is 0 Å². The summed E-state index contributed by atoms with van der Waals surface area (Å²) < 4.78 is 1.39. The molecular weight excluding hydrogens is 392 g/mol. The molecule has 0 aliphatic carbocycles. The molecule has 7 heteroatoms. The minimum absolute atomic E-state index is 0.0390. The summed E-state index contributed by atoms with van der Waals surface area (Å²) in [5, 5.41) is 4.34. The Morgan fingerprint density at radius 1 is 1.03 bits per heavy atom. The van der Waals surface area contributed by atoms with Crippen molar-refractivity contribution in [3.63, 3.8) is 0 Å². The molecule has 0 unspecified atom stereocenters. The van der Waals surface area contributed by atoms with Gasteiger partial charge in [0, 0.05) is 43.9 Å². The molecule has 7 nitrogen and oxygen atoms in total. The quantitative estimate of drug-likeness (QED) is 0.652. The number of rotatable bonds is 8. The number of aryl methyl sites for hydroxylation is 1. The first-order valence-corrected chi connectivity index (χ1v) is 11.3. The van der Waals surface area contributed by atoms with Gasteiger partial charge < -0.3 is 9.80 Å². The zero-order valence-electron chi connectivity index (χ0n) is 18.5. The van der Waals surface area contributed by atoms with Crippen LogP contribution in [0.2, 0.25) is 0 Å². The lowest BCUT2D eigenvalue weighted by Gasteiger charge is -2.38. The van der Waals surface area contributed by atoms with Gasteiger partial charge in [0.15, 0.2) is 0 Å². The number of nitrogens with zero attached hydrogens (tertiary/aromatic N) is 4. The van der Waals surface area contributed by atoms with Gasteiger partial charge in [-0.1, -0.05) is 38.5 Å². The van der Waals surface area contributed by atoms with Crippen LogP contribution in [0.1, 0.15) is 66.8 Å². The zero-order valence-corrected chi connectivity index (χ0v) is 18.5. The van der Waals surface area contributed by atoms with Gasteiger partial charge in [-0.2, -0.15) is 5.10 Å². The van der Waals surface area contributed by atoms with E-state index in [1.54, 1.807) is 0 Å². The molecule has 0 radical (unpaired) electrons. The highest BCUT2D eigenvalue weighted by Crippen LogP contribution is 2.20. The fourth-order valence-corrected chi connectivity index (χ4v) is 4.01. The normalized spacial score (nSPS) is 14.5. The van der Waals surface area contributed by atoms with E-state index in [4.69, 9.17) is 0 Å². The third kappa shape index (κ3) is 5.60. The van der Waals surface area contributed by atoms with Crippen molar-refractivity contribution in [2.24, 2.45) is 0 Å². The molecule has 0 N–H and O–H groups in total. The summed E-state index contributed by atoms with van der Waals surface area (Å²) in [6, 6.07) is 12.3. The molecule has 1 aromatic heterocycles. The Hall–Kier alpha value is -2.96. The number of carbonyl (C=O) groups is 2. The van der Waals surface area contributed by atoms with E-state index in [2.05, 4.69) is 12.0 Å². The molecule has 0 atom stereocenters. The fraction of sp³-hybridized carbons (Fsp3) is 0.500. The largest absolute Gasteiger partial charge is 0.338 e. The van der Waals surface area contributed by atoms with E-state index in [0.29, 0.717) is 37.4 Å². The lowest BCUT2D eigenvalue weighted by molar-refractivity contribution is 0.0513. The number of hydrogen-bond donors (Lipinski definition) is 0. The molecule has 2 heterocycles. The second kappa shape index (κ2) is 10.9. The highest BCUT2D eigenvalue weighted by atomic mass is 16.2. The molecule has 3 rings (SSSR count). The van der Waals surface area contributed by atoms with E-state index >= 15 is 0 Å². The monoisotopic (exact) mass is 424 g/mol. The number of amides is 2. The molecule has 0 bridgehead atoms. The lowest BCUT2D eigenvalue weighted by Crippen LogP contribution is -2.49. The van der Waals surface area contributed by atoms with Gasteiger partial charge >= 0.3 is 0 Å². The maximum absolute atomic E-state index is 13.3. The summed E-state index contributed by atoms with van der Waals surface area (Å²) in [7, 11) is 0. The maximum atomic E-state index is 13.3. The lowest BCUT2D eigenvalue weighted by atomic mass is 10.0. The number of piperidine rings is 1. The Morgan fingerprint density at radius 2 is 1.74 bits per heavy atom. The van der Waals surface area contributed by atoms with Crippen LogP contribution in [0.5, 0.6) is 0 Å². The average molecular weight is 425 g/mol. The molecule has 31 heavy (non-hydrogen) atoms. The zero-order chi connectivity index (χ0) is 22.2. The number of hydrogen-bond acceptors (Lipinski definition) is 4. The minimum Gasteiger partial charge on any atom is -0.338 e. The third-order valence-electron chi connectivity index (χ3n) is 5.75. The summed E-state index contributed by atoms with van der Waals surface area (Å²) in [6.45, 7) is 6.49. The van der Waals surface area contributed by atoms with Gasteiger partial charge in [-0.25, -0.2) is 4.68 Å². The van der Waals surface area contributed by atoms with Crippen molar-refractivity contribution >= 4 is 11.8 Å². The van der Waals surface area contributed by atoms with Crippen molar-refractivity contribution in [3.8, 4) is 0 Å². The fourth-order valence-electron chi connectivity index (χ4n) is 4.01. The van der Waals surface area contributed by atoms with E-state index < -0.39 is 0 Å². The molecule has 1 aliphatic rings. The van der Waals surface area contributed by atoms with Gasteiger partial charge in [-0.3, -0.25) is 14.4 Å². The summed E-state index contributed by atoms with van der Waals surface area (Å²) >= 11 is 0. The van der Waals surface area contributed by atoms with Crippen molar-refractivity contribution in [2.45, 2.75) is 58.5 Å². The van der Waals surface area contributed by atoms with Crippen LogP contribution in [0.4, 0.5) is 0 Å². The predicted molar refractivity (Wildman–Crippen MR) is 120 cm³/mol. The molecular formula is C24H32N4O3. The van der Waals surface area contributed by atoms with Gasteiger partial charge in [-0.15, -0.1) is 0 Å². The Labute approximate surface area is 183 Å². The standard InChI is InChI=1S/C24H32N4O3/c1-3-5-16-28-22(29)12-11-21(25-28)24(31)27(15-4-2)20-13-17-26(18-14-20)23(30)19-9-7-6-8-10-19/h6-12,20H,3-5,13-18H2,1-2H3. The summed E-state index contributed by atoms with van der Waals surface area (Å²) in [6.07, 6.45) is 4.11. The van der Waals surface area contributed by atoms with Crippen LogP contribution in [0.15, 0.2) is 47.3 Å². The van der Waals surface area contributed by atoms with Crippen LogP contribution in [-0.2, 0) is 6.54 Å². The minimum atomic E-state index is -0.181. The number of unbranched alkanes of at least 4 members (excludes halogenated alkanes) is 1. The topological polar surface area (TPSA) is 75.5 Å².